The molecule has 9 heavy (non-hydrogen) atoms. The molecule has 0 spiro atoms. The van der Waals surface area contributed by atoms with Gasteiger partial charge in [-0.3, -0.25) is 0 Å². The second-order valence-corrected chi connectivity index (χ2v) is 2.48. The van der Waals surface area contributed by atoms with Gasteiger partial charge in [0.1, 0.15) is 0 Å². The van der Waals surface area contributed by atoms with Crippen molar-refractivity contribution < 1.29 is 4.74 Å². The zero-order valence-electron chi connectivity index (χ0n) is 5.97. The number of rotatable bonds is 1. The topological polar surface area (TPSA) is 9.23 Å². The van der Waals surface area contributed by atoms with Crippen molar-refractivity contribution in [1.29, 1.82) is 0 Å². The lowest BCUT2D eigenvalue weighted by atomic mass is 10.0. The molecule has 0 aromatic rings. The molecule has 1 aliphatic heterocycles. The first kappa shape index (κ1) is 6.81. The van der Waals surface area contributed by atoms with Crippen molar-refractivity contribution >= 4 is 0 Å². The molecule has 0 bridgehead atoms. The number of allylic oxidation sites excluding steroid dienone is 2. The molecule has 1 nitrogen and oxygen atoms in total. The quantitative estimate of drug-likeness (QED) is 0.488. The van der Waals surface area contributed by atoms with Gasteiger partial charge >= 0.3 is 0 Å². The highest BCUT2D eigenvalue weighted by Crippen LogP contribution is 2.15. The first-order valence-electron chi connectivity index (χ1n) is 3.64. The van der Waals surface area contributed by atoms with Crippen molar-refractivity contribution in [3.05, 3.63) is 12.2 Å². The molecule has 0 saturated carbocycles. The average molecular weight is 126 g/mol. The van der Waals surface area contributed by atoms with Crippen molar-refractivity contribution in [3.8, 4) is 0 Å². The lowest BCUT2D eigenvalue weighted by molar-refractivity contribution is 0.0785. The molecular formula is C8H14O. The van der Waals surface area contributed by atoms with Crippen LogP contribution in [0.25, 0.3) is 0 Å². The van der Waals surface area contributed by atoms with E-state index in [1.54, 1.807) is 0 Å². The van der Waals surface area contributed by atoms with Crippen molar-refractivity contribution in [1.82, 2.24) is 0 Å². The van der Waals surface area contributed by atoms with Gasteiger partial charge in [-0.1, -0.05) is 12.2 Å². The van der Waals surface area contributed by atoms with Crippen LogP contribution in [0.1, 0.15) is 19.8 Å². The normalized spacial score (nSPS) is 23.2. The number of ether oxygens (including phenoxy) is 1. The number of hydrogen-bond donors (Lipinski definition) is 0. The molecule has 1 rings (SSSR count). The summed E-state index contributed by atoms with van der Waals surface area (Å²) in [6.45, 7) is 3.99. The third-order valence-electron chi connectivity index (χ3n) is 1.73. The summed E-state index contributed by atoms with van der Waals surface area (Å²) in [6, 6.07) is 0. The van der Waals surface area contributed by atoms with Crippen LogP contribution in [0.5, 0.6) is 0 Å². The first-order chi connectivity index (χ1) is 4.43. The molecule has 0 atom stereocenters. The molecule has 0 N–H and O–H groups in total. The summed E-state index contributed by atoms with van der Waals surface area (Å²) in [7, 11) is 0. The van der Waals surface area contributed by atoms with E-state index in [9.17, 15) is 0 Å². The molecular weight excluding hydrogens is 112 g/mol. The summed E-state index contributed by atoms with van der Waals surface area (Å²) in [6.07, 6.45) is 6.84. The highest BCUT2D eigenvalue weighted by atomic mass is 16.5. The third-order valence-corrected chi connectivity index (χ3v) is 1.73. The molecule has 1 saturated heterocycles. The Morgan fingerprint density at radius 1 is 1.33 bits per heavy atom. The van der Waals surface area contributed by atoms with Crippen molar-refractivity contribution in [3.63, 3.8) is 0 Å². The van der Waals surface area contributed by atoms with E-state index in [2.05, 4.69) is 19.1 Å². The summed E-state index contributed by atoms with van der Waals surface area (Å²) in [5.74, 6) is 0.795. The van der Waals surface area contributed by atoms with Gasteiger partial charge in [0, 0.05) is 13.2 Å². The van der Waals surface area contributed by atoms with Crippen LogP contribution in [0.4, 0.5) is 0 Å². The van der Waals surface area contributed by atoms with Crippen LogP contribution in [0.3, 0.4) is 0 Å². The van der Waals surface area contributed by atoms with E-state index in [0.717, 1.165) is 19.1 Å². The summed E-state index contributed by atoms with van der Waals surface area (Å²) >= 11 is 0. The Hall–Kier alpha value is -0.300. The van der Waals surface area contributed by atoms with Gasteiger partial charge in [0.15, 0.2) is 0 Å². The van der Waals surface area contributed by atoms with Gasteiger partial charge in [-0.25, -0.2) is 0 Å². The minimum atomic E-state index is 0.795. The highest BCUT2D eigenvalue weighted by molar-refractivity contribution is 4.86. The minimum absolute atomic E-state index is 0.795. The van der Waals surface area contributed by atoms with Gasteiger partial charge in [0.2, 0.25) is 0 Å². The second-order valence-electron chi connectivity index (χ2n) is 2.48. The summed E-state index contributed by atoms with van der Waals surface area (Å²) in [5, 5.41) is 0. The molecule has 0 amide bonds. The van der Waals surface area contributed by atoms with Gasteiger partial charge in [-0.05, 0) is 25.7 Å². The van der Waals surface area contributed by atoms with Gasteiger partial charge in [0.25, 0.3) is 0 Å². The Kier molecular flexibility index (Phi) is 2.78. The predicted molar refractivity (Wildman–Crippen MR) is 38.4 cm³/mol. The van der Waals surface area contributed by atoms with Gasteiger partial charge in [-0.2, -0.15) is 0 Å². The van der Waals surface area contributed by atoms with Crippen LogP contribution in [-0.2, 0) is 4.74 Å². The number of hydrogen-bond acceptors (Lipinski definition) is 1. The lowest BCUT2D eigenvalue weighted by Crippen LogP contribution is -2.13. The molecule has 0 radical (unpaired) electrons. The molecule has 52 valence electrons. The fourth-order valence-electron chi connectivity index (χ4n) is 1.18. The Balaban J connectivity index is 2.23. The fourth-order valence-corrected chi connectivity index (χ4v) is 1.18. The molecule has 1 heterocycles. The van der Waals surface area contributed by atoms with Crippen LogP contribution in [0, 0.1) is 5.92 Å². The van der Waals surface area contributed by atoms with Crippen molar-refractivity contribution in [2.45, 2.75) is 19.8 Å². The Labute approximate surface area is 56.7 Å². The molecule has 1 fully saturated rings. The van der Waals surface area contributed by atoms with Crippen LogP contribution in [-0.4, -0.2) is 13.2 Å². The van der Waals surface area contributed by atoms with Gasteiger partial charge in [0.05, 0.1) is 0 Å². The SMILES string of the molecule is CC=CC1CCOCC1. The van der Waals surface area contributed by atoms with Crippen molar-refractivity contribution in [2.24, 2.45) is 5.92 Å². The van der Waals surface area contributed by atoms with E-state index >= 15 is 0 Å². The zero-order valence-corrected chi connectivity index (χ0v) is 5.97. The van der Waals surface area contributed by atoms with E-state index in [4.69, 9.17) is 4.74 Å². The molecule has 1 heteroatoms. The van der Waals surface area contributed by atoms with Gasteiger partial charge < -0.3 is 4.74 Å². The molecule has 0 aliphatic carbocycles. The smallest absolute Gasteiger partial charge is 0.0471 e. The third kappa shape index (κ3) is 2.19. The summed E-state index contributed by atoms with van der Waals surface area (Å²) < 4.78 is 5.21. The zero-order chi connectivity index (χ0) is 6.53. The van der Waals surface area contributed by atoms with Crippen LogP contribution in [0.2, 0.25) is 0 Å². The summed E-state index contributed by atoms with van der Waals surface area (Å²) in [5.41, 5.74) is 0. The maximum absolute atomic E-state index is 5.21. The van der Waals surface area contributed by atoms with E-state index in [1.807, 2.05) is 0 Å². The van der Waals surface area contributed by atoms with Crippen LogP contribution in [0.15, 0.2) is 12.2 Å². The standard InChI is InChI=1S/C8H14O/c1-2-3-8-4-6-9-7-5-8/h2-3,8H,4-7H2,1H3. The van der Waals surface area contributed by atoms with E-state index in [-0.39, 0.29) is 0 Å². The maximum atomic E-state index is 5.21. The average Bonchev–Trinajstić information content (AvgIpc) is 1.91. The molecule has 0 aromatic heterocycles. The molecule has 1 aliphatic rings. The van der Waals surface area contributed by atoms with Gasteiger partial charge in [-0.15, -0.1) is 0 Å². The van der Waals surface area contributed by atoms with Crippen LogP contribution >= 0.6 is 0 Å². The lowest BCUT2D eigenvalue weighted by Gasteiger charge is -2.18. The first-order valence-corrected chi connectivity index (χ1v) is 3.64. The Bertz CT molecular complexity index is 90.7. The monoisotopic (exact) mass is 126 g/mol. The predicted octanol–water partition coefficient (Wildman–Crippen LogP) is 1.99. The van der Waals surface area contributed by atoms with Crippen molar-refractivity contribution in [2.75, 3.05) is 13.2 Å². The fraction of sp³-hybridized carbons (Fsp3) is 0.750. The van der Waals surface area contributed by atoms with E-state index < -0.39 is 0 Å². The Morgan fingerprint density at radius 3 is 2.56 bits per heavy atom. The minimum Gasteiger partial charge on any atom is -0.381 e. The summed E-state index contributed by atoms with van der Waals surface area (Å²) in [4.78, 5) is 0. The Morgan fingerprint density at radius 2 is 2.00 bits per heavy atom. The van der Waals surface area contributed by atoms with Crippen LogP contribution < -0.4 is 0 Å². The largest absolute Gasteiger partial charge is 0.381 e. The highest BCUT2D eigenvalue weighted by Gasteiger charge is 2.08. The second kappa shape index (κ2) is 3.67. The van der Waals surface area contributed by atoms with E-state index in [1.165, 1.54) is 12.8 Å². The molecule has 0 aromatic carbocycles. The van der Waals surface area contributed by atoms with E-state index in [0.29, 0.717) is 0 Å². The maximum Gasteiger partial charge on any atom is 0.0471 e. The molecule has 0 unspecified atom stereocenters.